The van der Waals surface area contributed by atoms with Crippen LogP contribution in [0.5, 0.6) is 0 Å². The van der Waals surface area contributed by atoms with E-state index in [-0.39, 0.29) is 22.6 Å². The van der Waals surface area contributed by atoms with E-state index in [9.17, 15) is 18.0 Å². The highest BCUT2D eigenvalue weighted by atomic mass is 35.5. The van der Waals surface area contributed by atoms with Crippen molar-refractivity contribution in [3.63, 3.8) is 0 Å². The first-order valence-electron chi connectivity index (χ1n) is 8.41. The van der Waals surface area contributed by atoms with Gasteiger partial charge in [0.25, 0.3) is 5.92 Å². The zero-order valence-corrected chi connectivity index (χ0v) is 16.2. The summed E-state index contributed by atoms with van der Waals surface area (Å²) in [5.74, 6) is -4.28. The molecule has 2 heterocycles. The Morgan fingerprint density at radius 3 is 2.83 bits per heavy atom. The number of anilines is 3. The largest absolute Gasteiger partial charge is 0.482 e. The van der Waals surface area contributed by atoms with Gasteiger partial charge in [0.2, 0.25) is 5.28 Å². The minimum atomic E-state index is -3.15. The zero-order valence-electron chi connectivity index (χ0n) is 15.5. The molecule has 3 rings (SSSR count). The molecule has 0 amide bonds. The third-order valence-corrected chi connectivity index (χ3v) is 4.22. The predicted octanol–water partition coefficient (Wildman–Crippen LogP) is 3.20. The van der Waals surface area contributed by atoms with Gasteiger partial charge < -0.3 is 20.3 Å². The minimum absolute atomic E-state index is 0.103. The molecular formula is C18H17ClF3N5O2. The molecule has 0 saturated carbocycles. The van der Waals surface area contributed by atoms with Gasteiger partial charge in [0, 0.05) is 31.0 Å². The van der Waals surface area contributed by atoms with E-state index in [1.807, 2.05) is 0 Å². The van der Waals surface area contributed by atoms with Crippen molar-refractivity contribution >= 4 is 40.8 Å². The summed E-state index contributed by atoms with van der Waals surface area (Å²) in [4.78, 5) is 20.5. The van der Waals surface area contributed by atoms with Crippen LogP contribution in [0.4, 0.5) is 30.4 Å². The molecule has 29 heavy (non-hydrogen) atoms. The van der Waals surface area contributed by atoms with Gasteiger partial charge in [0.15, 0.2) is 30.3 Å². The van der Waals surface area contributed by atoms with Crippen molar-refractivity contribution in [2.75, 3.05) is 37.5 Å². The van der Waals surface area contributed by atoms with Crippen LogP contribution < -0.4 is 15.5 Å². The standard InChI is InChI=1S/C18H17ClF3N5O2/c1-27(2)13-4-3-10(25-16-12(20)6-23-17(19)26-16)5-11(13)15-14(7-28)29-9-18(21,22)8-24-15/h3-7,24H,8-9H2,1-2H3,(H,23,25,26). The molecule has 0 atom stereocenters. The Morgan fingerprint density at radius 2 is 2.14 bits per heavy atom. The lowest BCUT2D eigenvalue weighted by Gasteiger charge is -2.21. The summed E-state index contributed by atoms with van der Waals surface area (Å²) in [5, 5.41) is 5.21. The second kappa shape index (κ2) is 8.16. The van der Waals surface area contributed by atoms with E-state index in [2.05, 4.69) is 20.6 Å². The van der Waals surface area contributed by atoms with E-state index in [1.165, 1.54) is 0 Å². The Morgan fingerprint density at radius 1 is 1.38 bits per heavy atom. The highest BCUT2D eigenvalue weighted by Gasteiger charge is 2.34. The zero-order chi connectivity index (χ0) is 21.2. The molecule has 0 bridgehead atoms. The first-order valence-corrected chi connectivity index (χ1v) is 8.79. The molecule has 0 fully saturated rings. The number of carbonyl (C=O) groups is 1. The molecule has 7 nitrogen and oxygen atoms in total. The van der Waals surface area contributed by atoms with Gasteiger partial charge in [-0.2, -0.15) is 4.98 Å². The van der Waals surface area contributed by atoms with Crippen LogP contribution in [0.25, 0.3) is 5.70 Å². The van der Waals surface area contributed by atoms with E-state index in [0.717, 1.165) is 6.20 Å². The number of carbonyl (C=O) groups excluding carboxylic acids is 1. The first-order chi connectivity index (χ1) is 13.7. The van der Waals surface area contributed by atoms with Crippen molar-refractivity contribution in [3.8, 4) is 0 Å². The molecule has 2 N–H and O–H groups in total. The number of aromatic nitrogens is 2. The van der Waals surface area contributed by atoms with E-state index in [0.29, 0.717) is 23.2 Å². The van der Waals surface area contributed by atoms with Crippen LogP contribution in [0, 0.1) is 5.82 Å². The molecule has 0 radical (unpaired) electrons. The van der Waals surface area contributed by atoms with E-state index in [1.54, 1.807) is 37.2 Å². The number of halogens is 4. The number of rotatable bonds is 5. The Hall–Kier alpha value is -3.01. The lowest BCUT2D eigenvalue weighted by molar-refractivity contribution is -0.109. The Kier molecular flexibility index (Phi) is 5.83. The second-order valence-corrected chi connectivity index (χ2v) is 6.78. The van der Waals surface area contributed by atoms with Crippen LogP contribution in [0.15, 0.2) is 30.2 Å². The molecule has 154 valence electrons. The fourth-order valence-corrected chi connectivity index (χ4v) is 2.84. The van der Waals surface area contributed by atoms with Crippen molar-refractivity contribution in [2.24, 2.45) is 0 Å². The summed E-state index contributed by atoms with van der Waals surface area (Å²) < 4.78 is 46.5. The van der Waals surface area contributed by atoms with E-state index in [4.69, 9.17) is 16.3 Å². The van der Waals surface area contributed by atoms with Crippen molar-refractivity contribution < 1.29 is 22.7 Å². The van der Waals surface area contributed by atoms with Crippen LogP contribution in [0.2, 0.25) is 5.28 Å². The number of nitrogens with one attached hydrogen (secondary N) is 2. The third kappa shape index (κ3) is 4.70. The topological polar surface area (TPSA) is 79.4 Å². The number of benzene rings is 1. The van der Waals surface area contributed by atoms with Gasteiger partial charge in [-0.15, -0.1) is 0 Å². The molecule has 2 aromatic rings. The lowest BCUT2D eigenvalue weighted by atomic mass is 10.1. The summed E-state index contributed by atoms with van der Waals surface area (Å²) in [6.07, 6.45) is 1.29. The van der Waals surface area contributed by atoms with Crippen LogP contribution in [0.1, 0.15) is 5.56 Å². The SMILES string of the molecule is CN(C)c1ccc(Nc2nc(Cl)ncc2F)cc1C1=C(C=O)OCC(F)(F)CN1. The van der Waals surface area contributed by atoms with Crippen molar-refractivity contribution in [2.45, 2.75) is 5.92 Å². The van der Waals surface area contributed by atoms with Crippen molar-refractivity contribution in [1.82, 2.24) is 15.3 Å². The molecule has 0 aliphatic carbocycles. The molecular weight excluding hydrogens is 411 g/mol. The number of hydrogen-bond acceptors (Lipinski definition) is 7. The Labute approximate surface area is 169 Å². The average Bonchev–Trinajstić information content (AvgIpc) is 2.82. The summed E-state index contributed by atoms with van der Waals surface area (Å²) >= 11 is 5.71. The smallest absolute Gasteiger partial charge is 0.298 e. The van der Waals surface area contributed by atoms with Gasteiger partial charge in [-0.25, -0.2) is 18.2 Å². The number of aldehydes is 1. The van der Waals surface area contributed by atoms with Gasteiger partial charge in [0.05, 0.1) is 18.4 Å². The fraction of sp³-hybridized carbons (Fsp3) is 0.278. The summed E-state index contributed by atoms with van der Waals surface area (Å²) in [7, 11) is 3.51. The van der Waals surface area contributed by atoms with E-state index < -0.39 is 24.9 Å². The van der Waals surface area contributed by atoms with E-state index >= 15 is 0 Å². The molecule has 1 aliphatic heterocycles. The number of ether oxygens (including phenoxy) is 1. The fourth-order valence-electron chi connectivity index (χ4n) is 2.71. The Bertz CT molecular complexity index is 969. The number of nitrogens with zero attached hydrogens (tertiary/aromatic N) is 3. The highest BCUT2D eigenvalue weighted by molar-refractivity contribution is 6.28. The summed E-state index contributed by atoms with van der Waals surface area (Å²) in [6, 6.07) is 4.88. The minimum Gasteiger partial charge on any atom is -0.482 e. The third-order valence-electron chi connectivity index (χ3n) is 4.04. The molecule has 0 saturated heterocycles. The van der Waals surface area contributed by atoms with Crippen molar-refractivity contribution in [3.05, 3.63) is 46.8 Å². The molecule has 1 aromatic heterocycles. The lowest BCUT2D eigenvalue weighted by Crippen LogP contribution is -2.33. The average molecular weight is 428 g/mol. The maximum atomic E-state index is 13.9. The molecule has 1 aliphatic rings. The van der Waals surface area contributed by atoms with Gasteiger partial charge in [0.1, 0.15) is 0 Å². The van der Waals surface area contributed by atoms with Gasteiger partial charge in [-0.05, 0) is 29.8 Å². The van der Waals surface area contributed by atoms with Crippen LogP contribution in [-0.4, -0.2) is 49.4 Å². The first kappa shape index (κ1) is 20.7. The number of allylic oxidation sites excluding steroid dienone is 1. The molecule has 0 spiro atoms. The molecule has 11 heteroatoms. The molecule has 0 unspecified atom stereocenters. The Balaban J connectivity index is 2.06. The normalized spacial score (nSPS) is 15.8. The maximum Gasteiger partial charge on any atom is 0.298 e. The van der Waals surface area contributed by atoms with Crippen molar-refractivity contribution in [1.29, 1.82) is 0 Å². The maximum absolute atomic E-state index is 13.9. The predicted molar refractivity (Wildman–Crippen MR) is 103 cm³/mol. The second-order valence-electron chi connectivity index (χ2n) is 6.44. The van der Waals surface area contributed by atoms with Crippen LogP contribution in [-0.2, 0) is 9.53 Å². The summed E-state index contributed by atoms with van der Waals surface area (Å²) in [6.45, 7) is -1.63. The number of alkyl halides is 2. The quantitative estimate of drug-likeness (QED) is 0.560. The number of hydrogen-bond donors (Lipinski definition) is 2. The van der Waals surface area contributed by atoms with Gasteiger partial charge in [-0.1, -0.05) is 0 Å². The van der Waals surface area contributed by atoms with Gasteiger partial charge in [-0.3, -0.25) is 4.79 Å². The monoisotopic (exact) mass is 427 g/mol. The highest BCUT2D eigenvalue weighted by Crippen LogP contribution is 2.33. The van der Waals surface area contributed by atoms with Crippen LogP contribution >= 0.6 is 11.6 Å². The summed E-state index contributed by atoms with van der Waals surface area (Å²) in [5.41, 5.74) is 1.51. The molecule has 1 aromatic carbocycles. The van der Waals surface area contributed by atoms with Crippen LogP contribution in [0.3, 0.4) is 0 Å². The van der Waals surface area contributed by atoms with Gasteiger partial charge >= 0.3 is 0 Å².